The third-order valence-corrected chi connectivity index (χ3v) is 5.93. The molecule has 0 spiro atoms. The molecule has 118 valence electrons. The van der Waals surface area contributed by atoms with E-state index in [4.69, 9.17) is 0 Å². The lowest BCUT2D eigenvalue weighted by molar-refractivity contribution is -0.139. The maximum absolute atomic E-state index is 13.0. The zero-order chi connectivity index (χ0) is 15.9. The standard InChI is InChI=1S/C17H22N2O2S/c1-12-7-6-10-19(11-12)16(21)17(2)15(20)18(3)13-8-4-5-9-14(13)22-17/h4-5,8-9,12H,6-7,10-11H2,1-3H3. The average Bonchev–Trinajstić information content (AvgIpc) is 2.52. The van der Waals surface area contributed by atoms with Crippen molar-refractivity contribution in [2.75, 3.05) is 25.0 Å². The molecule has 22 heavy (non-hydrogen) atoms. The second kappa shape index (κ2) is 5.61. The van der Waals surface area contributed by atoms with Gasteiger partial charge in [-0.25, -0.2) is 0 Å². The van der Waals surface area contributed by atoms with Gasteiger partial charge in [-0.3, -0.25) is 9.59 Å². The number of anilines is 1. The Morgan fingerprint density at radius 3 is 2.82 bits per heavy atom. The number of rotatable bonds is 1. The van der Waals surface area contributed by atoms with Gasteiger partial charge in [0.25, 0.3) is 5.91 Å². The normalized spacial score (nSPS) is 28.5. The number of likely N-dealkylation sites (tertiary alicyclic amines) is 1. The zero-order valence-corrected chi connectivity index (χ0v) is 14.2. The van der Waals surface area contributed by atoms with E-state index in [-0.39, 0.29) is 11.8 Å². The van der Waals surface area contributed by atoms with Crippen molar-refractivity contribution in [2.24, 2.45) is 5.92 Å². The predicted octanol–water partition coefficient (Wildman–Crippen LogP) is 2.77. The van der Waals surface area contributed by atoms with Crippen LogP contribution < -0.4 is 4.90 Å². The van der Waals surface area contributed by atoms with Crippen molar-refractivity contribution in [3.05, 3.63) is 24.3 Å². The van der Waals surface area contributed by atoms with Gasteiger partial charge in [0, 0.05) is 25.0 Å². The number of fused-ring (bicyclic) bond motifs is 1. The van der Waals surface area contributed by atoms with Crippen LogP contribution in [0.15, 0.2) is 29.2 Å². The summed E-state index contributed by atoms with van der Waals surface area (Å²) in [5.41, 5.74) is 0.884. The van der Waals surface area contributed by atoms with Gasteiger partial charge >= 0.3 is 0 Å². The lowest BCUT2D eigenvalue weighted by Gasteiger charge is -2.41. The van der Waals surface area contributed by atoms with E-state index in [9.17, 15) is 9.59 Å². The fourth-order valence-corrected chi connectivity index (χ4v) is 4.66. The molecule has 1 saturated heterocycles. The number of thioether (sulfide) groups is 1. The minimum Gasteiger partial charge on any atom is -0.341 e. The molecule has 0 aromatic heterocycles. The van der Waals surface area contributed by atoms with E-state index < -0.39 is 4.75 Å². The van der Waals surface area contributed by atoms with Crippen molar-refractivity contribution >= 4 is 29.3 Å². The summed E-state index contributed by atoms with van der Waals surface area (Å²) >= 11 is 1.39. The lowest BCUT2D eigenvalue weighted by atomic mass is 9.98. The van der Waals surface area contributed by atoms with Gasteiger partial charge in [0.05, 0.1) is 5.69 Å². The Balaban J connectivity index is 1.92. The molecule has 0 N–H and O–H groups in total. The van der Waals surface area contributed by atoms with Crippen LogP contribution in [0.3, 0.4) is 0 Å². The number of nitrogens with zero attached hydrogens (tertiary/aromatic N) is 2. The summed E-state index contributed by atoms with van der Waals surface area (Å²) in [6, 6.07) is 7.77. The van der Waals surface area contributed by atoms with E-state index in [1.165, 1.54) is 11.8 Å². The third-order valence-electron chi connectivity index (χ3n) is 4.61. The number of hydrogen-bond acceptors (Lipinski definition) is 3. The van der Waals surface area contributed by atoms with Crippen molar-refractivity contribution in [1.82, 2.24) is 4.90 Å². The fourth-order valence-electron chi connectivity index (χ4n) is 3.32. The van der Waals surface area contributed by atoms with E-state index in [1.54, 1.807) is 18.9 Å². The van der Waals surface area contributed by atoms with Gasteiger partial charge in [-0.15, -0.1) is 0 Å². The Hall–Kier alpha value is -1.49. The molecule has 4 nitrogen and oxygen atoms in total. The molecular weight excluding hydrogens is 296 g/mol. The van der Waals surface area contributed by atoms with Crippen molar-refractivity contribution in [2.45, 2.75) is 36.3 Å². The Labute approximate surface area is 135 Å². The summed E-state index contributed by atoms with van der Waals surface area (Å²) in [5, 5.41) is 0. The van der Waals surface area contributed by atoms with Gasteiger partial charge in [-0.2, -0.15) is 0 Å². The van der Waals surface area contributed by atoms with Crippen molar-refractivity contribution in [3.8, 4) is 0 Å². The Morgan fingerprint density at radius 1 is 1.36 bits per heavy atom. The average molecular weight is 318 g/mol. The molecule has 1 fully saturated rings. The number of para-hydroxylation sites is 1. The van der Waals surface area contributed by atoms with Crippen LogP contribution in [0, 0.1) is 5.92 Å². The quantitative estimate of drug-likeness (QED) is 0.748. The molecule has 2 amide bonds. The first-order valence-corrected chi connectivity index (χ1v) is 8.60. The van der Waals surface area contributed by atoms with E-state index in [1.807, 2.05) is 29.2 Å². The lowest BCUT2D eigenvalue weighted by Crippen LogP contribution is -2.57. The maximum atomic E-state index is 13.0. The van der Waals surface area contributed by atoms with Crippen molar-refractivity contribution in [1.29, 1.82) is 0 Å². The molecule has 2 heterocycles. The van der Waals surface area contributed by atoms with Gasteiger partial charge in [-0.05, 0) is 37.8 Å². The van der Waals surface area contributed by atoms with Gasteiger partial charge < -0.3 is 9.80 Å². The summed E-state index contributed by atoms with van der Waals surface area (Å²) in [6.45, 7) is 5.46. The first-order chi connectivity index (χ1) is 10.4. The number of amides is 2. The van der Waals surface area contributed by atoms with Crippen molar-refractivity contribution < 1.29 is 9.59 Å². The second-order valence-electron chi connectivity index (χ2n) is 6.47. The maximum Gasteiger partial charge on any atom is 0.252 e. The molecule has 1 aromatic carbocycles. The molecule has 0 bridgehead atoms. The molecule has 2 aliphatic rings. The molecule has 0 saturated carbocycles. The third kappa shape index (κ3) is 2.41. The van der Waals surface area contributed by atoms with Gasteiger partial charge in [0.15, 0.2) is 4.75 Å². The van der Waals surface area contributed by atoms with Gasteiger partial charge in [-0.1, -0.05) is 30.8 Å². The van der Waals surface area contributed by atoms with Crippen LogP contribution >= 0.6 is 11.8 Å². The highest BCUT2D eigenvalue weighted by Gasteiger charge is 2.50. The highest BCUT2D eigenvalue weighted by molar-refractivity contribution is 8.02. The molecule has 2 atom stereocenters. The summed E-state index contributed by atoms with van der Waals surface area (Å²) in [5.74, 6) is 0.338. The summed E-state index contributed by atoms with van der Waals surface area (Å²) in [6.07, 6.45) is 2.18. The Kier molecular flexibility index (Phi) is 3.93. The van der Waals surface area contributed by atoms with E-state index in [2.05, 4.69) is 6.92 Å². The first-order valence-electron chi connectivity index (χ1n) is 7.79. The van der Waals surface area contributed by atoms with Crippen LogP contribution in [-0.4, -0.2) is 41.6 Å². The topological polar surface area (TPSA) is 40.6 Å². The van der Waals surface area contributed by atoms with Crippen LogP contribution in [0.1, 0.15) is 26.7 Å². The SMILES string of the molecule is CC1CCCN(C(=O)C2(C)Sc3ccccc3N(C)C2=O)C1. The minimum absolute atomic E-state index is 0.0459. The van der Waals surface area contributed by atoms with Crippen LogP contribution in [-0.2, 0) is 9.59 Å². The summed E-state index contributed by atoms with van der Waals surface area (Å²) in [4.78, 5) is 30.4. The number of benzene rings is 1. The molecular formula is C17H22N2O2S. The second-order valence-corrected chi connectivity index (χ2v) is 7.93. The molecule has 1 aromatic rings. The summed E-state index contributed by atoms with van der Waals surface area (Å²) < 4.78 is -1.06. The Bertz CT molecular complexity index is 618. The summed E-state index contributed by atoms with van der Waals surface area (Å²) in [7, 11) is 1.76. The molecule has 2 unspecified atom stereocenters. The minimum atomic E-state index is -1.06. The van der Waals surface area contributed by atoms with Crippen LogP contribution in [0.5, 0.6) is 0 Å². The largest absolute Gasteiger partial charge is 0.341 e. The molecule has 5 heteroatoms. The van der Waals surface area contributed by atoms with Crippen LogP contribution in [0.25, 0.3) is 0 Å². The monoisotopic (exact) mass is 318 g/mol. The van der Waals surface area contributed by atoms with Crippen LogP contribution in [0.4, 0.5) is 5.69 Å². The highest BCUT2D eigenvalue weighted by atomic mass is 32.2. The van der Waals surface area contributed by atoms with E-state index >= 15 is 0 Å². The van der Waals surface area contributed by atoms with E-state index in [0.29, 0.717) is 5.92 Å². The van der Waals surface area contributed by atoms with Crippen LogP contribution in [0.2, 0.25) is 0 Å². The highest BCUT2D eigenvalue weighted by Crippen LogP contribution is 2.45. The molecule has 3 rings (SSSR count). The number of hydrogen-bond donors (Lipinski definition) is 0. The fraction of sp³-hybridized carbons (Fsp3) is 0.529. The smallest absolute Gasteiger partial charge is 0.252 e. The molecule has 0 radical (unpaired) electrons. The Morgan fingerprint density at radius 2 is 2.09 bits per heavy atom. The number of carbonyl (C=O) groups is 2. The number of carbonyl (C=O) groups excluding carboxylic acids is 2. The molecule has 0 aliphatic carbocycles. The molecule has 2 aliphatic heterocycles. The number of piperidine rings is 1. The van der Waals surface area contributed by atoms with Crippen molar-refractivity contribution in [3.63, 3.8) is 0 Å². The predicted molar refractivity (Wildman–Crippen MR) is 89.1 cm³/mol. The van der Waals surface area contributed by atoms with E-state index in [0.717, 1.165) is 36.5 Å². The van der Waals surface area contributed by atoms with Gasteiger partial charge in [0.2, 0.25) is 5.91 Å². The van der Waals surface area contributed by atoms with Gasteiger partial charge in [0.1, 0.15) is 0 Å². The first kappa shape index (κ1) is 15.4. The zero-order valence-electron chi connectivity index (χ0n) is 13.3.